The Morgan fingerprint density at radius 2 is 1.71 bits per heavy atom. The highest BCUT2D eigenvalue weighted by atomic mass is 16.5. The summed E-state index contributed by atoms with van der Waals surface area (Å²) in [7, 11) is 0. The van der Waals surface area contributed by atoms with Crippen LogP contribution in [0.3, 0.4) is 0 Å². The fraction of sp³-hybridized carbons (Fsp3) is 0.889. The van der Waals surface area contributed by atoms with Crippen LogP contribution in [0.2, 0.25) is 0 Å². The van der Waals surface area contributed by atoms with Crippen molar-refractivity contribution in [3.8, 4) is 0 Å². The molecule has 0 aromatic heterocycles. The molecule has 0 aliphatic carbocycles. The number of carbonyl (C=O) groups is 1. The van der Waals surface area contributed by atoms with Gasteiger partial charge in [-0.2, -0.15) is 0 Å². The number of rotatable bonds is 1. The normalized spacial score (nSPS) is 26.4. The van der Waals surface area contributed by atoms with Crippen molar-refractivity contribution in [1.29, 1.82) is 0 Å². The Balaban J connectivity index is 0.000000241. The topological polar surface area (TPSA) is 78.8 Å². The third-order valence-corrected chi connectivity index (χ3v) is 1.55. The molecule has 1 rings (SSSR count). The summed E-state index contributed by atoms with van der Waals surface area (Å²) in [5, 5.41) is 20.2. The molecule has 0 aromatic rings. The van der Waals surface area contributed by atoms with Crippen LogP contribution in [0.25, 0.3) is 0 Å². The SMILES string of the molecule is CC(C)(C)OC=O.OC1CNCC1O. The van der Waals surface area contributed by atoms with Crippen molar-refractivity contribution in [2.45, 2.75) is 38.6 Å². The standard InChI is InChI=1S/C5H10O2.C4H9NO2/c1-5(2,3)7-4-6;6-3-1-5-2-4(3)7/h4H,1-3H3;3-7H,1-2H2. The predicted molar refractivity (Wildman–Crippen MR) is 51.8 cm³/mol. The number of nitrogens with one attached hydrogen (secondary N) is 1. The van der Waals surface area contributed by atoms with E-state index in [4.69, 9.17) is 10.2 Å². The van der Waals surface area contributed by atoms with E-state index in [1.54, 1.807) is 0 Å². The Morgan fingerprint density at radius 1 is 1.29 bits per heavy atom. The number of aliphatic hydroxyl groups is 2. The number of hydrogen-bond donors (Lipinski definition) is 3. The van der Waals surface area contributed by atoms with E-state index >= 15 is 0 Å². The van der Waals surface area contributed by atoms with Gasteiger partial charge >= 0.3 is 0 Å². The zero-order chi connectivity index (χ0) is 11.2. The average Bonchev–Trinajstić information content (AvgIpc) is 2.35. The van der Waals surface area contributed by atoms with E-state index in [-0.39, 0.29) is 5.60 Å². The maximum absolute atomic E-state index is 9.60. The monoisotopic (exact) mass is 205 g/mol. The maximum atomic E-state index is 9.60. The van der Waals surface area contributed by atoms with Crippen LogP contribution in [0.15, 0.2) is 0 Å². The largest absolute Gasteiger partial charge is 0.462 e. The van der Waals surface area contributed by atoms with E-state index in [1.165, 1.54) is 0 Å². The number of carbonyl (C=O) groups excluding carboxylic acids is 1. The average molecular weight is 205 g/mol. The minimum absolute atomic E-state index is 0.318. The molecule has 0 bridgehead atoms. The summed E-state index contributed by atoms with van der Waals surface area (Å²) >= 11 is 0. The maximum Gasteiger partial charge on any atom is 0.293 e. The third-order valence-electron chi connectivity index (χ3n) is 1.55. The molecule has 1 aliphatic rings. The molecule has 5 nitrogen and oxygen atoms in total. The molecule has 84 valence electrons. The van der Waals surface area contributed by atoms with Crippen LogP contribution in [0.5, 0.6) is 0 Å². The van der Waals surface area contributed by atoms with Crippen molar-refractivity contribution in [1.82, 2.24) is 5.32 Å². The Bertz CT molecular complexity index is 159. The zero-order valence-corrected chi connectivity index (χ0v) is 8.86. The number of β-amino-alcohol motifs (C(OH)–C–C–N with tert-alkyl or cyclic N) is 2. The third kappa shape index (κ3) is 6.82. The van der Waals surface area contributed by atoms with Gasteiger partial charge < -0.3 is 20.3 Å². The van der Waals surface area contributed by atoms with E-state index in [2.05, 4.69) is 10.1 Å². The van der Waals surface area contributed by atoms with Crippen molar-refractivity contribution in [3.63, 3.8) is 0 Å². The highest BCUT2D eigenvalue weighted by Gasteiger charge is 2.21. The molecule has 0 radical (unpaired) electrons. The Kier molecular flexibility index (Phi) is 5.68. The van der Waals surface area contributed by atoms with Crippen molar-refractivity contribution in [2.75, 3.05) is 13.1 Å². The molecule has 0 aromatic carbocycles. The molecule has 1 heterocycles. The summed E-state index contributed by atoms with van der Waals surface area (Å²) in [6, 6.07) is 0. The van der Waals surface area contributed by atoms with Gasteiger partial charge in [-0.25, -0.2) is 0 Å². The summed E-state index contributed by atoms with van der Waals surface area (Å²) in [6.45, 7) is 6.98. The molecule has 2 atom stereocenters. The lowest BCUT2D eigenvalue weighted by Gasteiger charge is -2.14. The van der Waals surface area contributed by atoms with Crippen molar-refractivity contribution in [3.05, 3.63) is 0 Å². The molecule has 5 heteroatoms. The predicted octanol–water partition coefficient (Wildman–Crippen LogP) is -0.731. The van der Waals surface area contributed by atoms with Gasteiger partial charge in [0.2, 0.25) is 0 Å². The molecular formula is C9H19NO4. The smallest absolute Gasteiger partial charge is 0.293 e. The molecule has 1 aliphatic heterocycles. The van der Waals surface area contributed by atoms with Gasteiger partial charge in [0.05, 0.1) is 12.2 Å². The summed E-state index contributed by atoms with van der Waals surface area (Å²) in [5.41, 5.74) is -0.318. The fourth-order valence-electron chi connectivity index (χ4n) is 0.796. The highest BCUT2D eigenvalue weighted by Crippen LogP contribution is 2.02. The van der Waals surface area contributed by atoms with Crippen LogP contribution >= 0.6 is 0 Å². The second kappa shape index (κ2) is 5.95. The molecule has 2 unspecified atom stereocenters. The van der Waals surface area contributed by atoms with Crippen LogP contribution in [-0.2, 0) is 9.53 Å². The molecular weight excluding hydrogens is 186 g/mol. The van der Waals surface area contributed by atoms with Crippen LogP contribution in [0.4, 0.5) is 0 Å². The summed E-state index contributed by atoms with van der Waals surface area (Å²) < 4.78 is 4.55. The molecule has 3 N–H and O–H groups in total. The number of hydrogen-bond acceptors (Lipinski definition) is 5. The first-order valence-electron chi connectivity index (χ1n) is 4.55. The van der Waals surface area contributed by atoms with Gasteiger partial charge in [0.25, 0.3) is 6.47 Å². The van der Waals surface area contributed by atoms with Gasteiger partial charge in [-0.3, -0.25) is 4.79 Å². The van der Waals surface area contributed by atoms with Gasteiger partial charge in [-0.1, -0.05) is 0 Å². The second-order valence-electron chi connectivity index (χ2n) is 4.12. The van der Waals surface area contributed by atoms with E-state index in [1.807, 2.05) is 20.8 Å². The summed E-state index contributed by atoms with van der Waals surface area (Å²) in [6.07, 6.45) is -1.08. The molecule has 1 fully saturated rings. The number of aliphatic hydroxyl groups excluding tert-OH is 2. The van der Waals surface area contributed by atoms with Crippen molar-refractivity contribution in [2.24, 2.45) is 0 Å². The van der Waals surface area contributed by atoms with E-state index in [0.29, 0.717) is 19.6 Å². The van der Waals surface area contributed by atoms with Crippen molar-refractivity contribution >= 4 is 6.47 Å². The first kappa shape index (κ1) is 13.4. The Morgan fingerprint density at radius 3 is 1.79 bits per heavy atom. The lowest BCUT2D eigenvalue weighted by Crippen LogP contribution is -2.22. The summed E-state index contributed by atoms with van der Waals surface area (Å²) in [4.78, 5) is 9.60. The molecule has 0 saturated carbocycles. The summed E-state index contributed by atoms with van der Waals surface area (Å²) in [5.74, 6) is 0. The van der Waals surface area contributed by atoms with Crippen molar-refractivity contribution < 1.29 is 19.7 Å². The van der Waals surface area contributed by atoms with Crippen LogP contribution < -0.4 is 5.32 Å². The van der Waals surface area contributed by atoms with E-state index < -0.39 is 12.2 Å². The minimum Gasteiger partial charge on any atom is -0.462 e. The minimum atomic E-state index is -0.542. The fourth-order valence-corrected chi connectivity index (χ4v) is 0.796. The Hall–Kier alpha value is -0.650. The lowest BCUT2D eigenvalue weighted by molar-refractivity contribution is -0.138. The number of ether oxygens (including phenoxy) is 1. The highest BCUT2D eigenvalue weighted by molar-refractivity contribution is 5.37. The van der Waals surface area contributed by atoms with Gasteiger partial charge in [0, 0.05) is 13.1 Å². The van der Waals surface area contributed by atoms with Crippen LogP contribution in [0, 0.1) is 0 Å². The molecule has 1 saturated heterocycles. The second-order valence-corrected chi connectivity index (χ2v) is 4.12. The zero-order valence-electron chi connectivity index (χ0n) is 8.86. The van der Waals surface area contributed by atoms with Gasteiger partial charge in [-0.15, -0.1) is 0 Å². The van der Waals surface area contributed by atoms with Crippen LogP contribution in [0.1, 0.15) is 20.8 Å². The van der Waals surface area contributed by atoms with Gasteiger partial charge in [-0.05, 0) is 20.8 Å². The lowest BCUT2D eigenvalue weighted by atomic mass is 10.2. The first-order valence-corrected chi connectivity index (χ1v) is 4.55. The van der Waals surface area contributed by atoms with Gasteiger partial charge in [0.15, 0.2) is 0 Å². The molecule has 14 heavy (non-hydrogen) atoms. The van der Waals surface area contributed by atoms with Crippen LogP contribution in [-0.4, -0.2) is 47.6 Å². The van der Waals surface area contributed by atoms with Gasteiger partial charge in [0.1, 0.15) is 5.60 Å². The quantitative estimate of drug-likeness (QED) is 0.492. The molecule has 0 spiro atoms. The molecule has 0 amide bonds. The van der Waals surface area contributed by atoms with E-state index in [9.17, 15) is 4.79 Å². The first-order chi connectivity index (χ1) is 6.37. The van der Waals surface area contributed by atoms with E-state index in [0.717, 1.165) is 0 Å². The Labute approximate surface area is 84.1 Å².